The summed E-state index contributed by atoms with van der Waals surface area (Å²) in [7, 11) is 0. The smallest absolute Gasteiger partial charge is 0.320 e. The summed E-state index contributed by atoms with van der Waals surface area (Å²) < 4.78 is 0. The Balaban J connectivity index is 1.53. The molecule has 0 aromatic carbocycles. The van der Waals surface area contributed by atoms with E-state index in [0.29, 0.717) is 6.54 Å². The first-order valence-electron chi connectivity index (χ1n) is 6.94. The summed E-state index contributed by atoms with van der Waals surface area (Å²) in [5.74, 6) is -0.655. The Morgan fingerprint density at radius 1 is 1.50 bits per heavy atom. The quantitative estimate of drug-likeness (QED) is 0.853. The lowest BCUT2D eigenvalue weighted by Crippen LogP contribution is -2.46. The second kappa shape index (κ2) is 5.54. The molecule has 1 fully saturated rings. The van der Waals surface area contributed by atoms with E-state index >= 15 is 0 Å². The highest BCUT2D eigenvalue weighted by Crippen LogP contribution is 2.32. The molecular weight excluding hydrogens is 276 g/mol. The first-order valence-corrected chi connectivity index (χ1v) is 7.82. The minimum atomic E-state index is -0.848. The SMILES string of the molecule is O=C(O)C(NCC(=O)N1CCc2sccc2C1)C1CC1. The number of rotatable bonds is 5. The molecule has 0 radical (unpaired) electrons. The number of carbonyl (C=O) groups is 2. The second-order valence-electron chi connectivity index (χ2n) is 5.47. The van der Waals surface area contributed by atoms with Crippen molar-refractivity contribution in [2.45, 2.75) is 31.8 Å². The molecule has 0 spiro atoms. The highest BCUT2D eigenvalue weighted by molar-refractivity contribution is 7.10. The number of nitrogens with zero attached hydrogens (tertiary/aromatic N) is 1. The average molecular weight is 294 g/mol. The summed E-state index contributed by atoms with van der Waals surface area (Å²) in [6.07, 6.45) is 2.80. The zero-order valence-corrected chi connectivity index (χ0v) is 12.0. The van der Waals surface area contributed by atoms with Crippen LogP contribution in [0.2, 0.25) is 0 Å². The monoisotopic (exact) mass is 294 g/mol. The number of hydrogen-bond donors (Lipinski definition) is 2. The summed E-state index contributed by atoms with van der Waals surface area (Å²) in [5, 5.41) is 14.1. The van der Waals surface area contributed by atoms with Crippen LogP contribution in [0.5, 0.6) is 0 Å². The Labute approximate surface area is 121 Å². The molecule has 0 saturated heterocycles. The van der Waals surface area contributed by atoms with Gasteiger partial charge in [-0.15, -0.1) is 11.3 Å². The topological polar surface area (TPSA) is 69.6 Å². The van der Waals surface area contributed by atoms with Gasteiger partial charge in [-0.05, 0) is 42.2 Å². The van der Waals surface area contributed by atoms with Gasteiger partial charge in [0.1, 0.15) is 6.04 Å². The lowest BCUT2D eigenvalue weighted by Gasteiger charge is -2.27. The number of hydrogen-bond acceptors (Lipinski definition) is 4. The molecule has 5 nitrogen and oxygen atoms in total. The van der Waals surface area contributed by atoms with Crippen LogP contribution in [0, 0.1) is 5.92 Å². The maximum absolute atomic E-state index is 12.2. The highest BCUT2D eigenvalue weighted by atomic mass is 32.1. The highest BCUT2D eigenvalue weighted by Gasteiger charge is 2.36. The summed E-state index contributed by atoms with van der Waals surface area (Å²) in [4.78, 5) is 26.5. The molecule has 1 unspecified atom stereocenters. The van der Waals surface area contributed by atoms with Crippen LogP contribution >= 0.6 is 11.3 Å². The van der Waals surface area contributed by atoms with Crippen LogP contribution < -0.4 is 5.32 Å². The zero-order chi connectivity index (χ0) is 14.1. The van der Waals surface area contributed by atoms with E-state index in [9.17, 15) is 9.59 Å². The summed E-state index contributed by atoms with van der Waals surface area (Å²) in [5.41, 5.74) is 1.23. The van der Waals surface area contributed by atoms with Gasteiger partial charge in [-0.25, -0.2) is 0 Å². The Morgan fingerprint density at radius 2 is 2.30 bits per heavy atom. The Kier molecular flexibility index (Phi) is 3.76. The van der Waals surface area contributed by atoms with E-state index in [4.69, 9.17) is 5.11 Å². The van der Waals surface area contributed by atoms with Gasteiger partial charge in [-0.2, -0.15) is 0 Å². The summed E-state index contributed by atoms with van der Waals surface area (Å²) in [6, 6.07) is 1.50. The van der Waals surface area contributed by atoms with E-state index in [-0.39, 0.29) is 18.4 Å². The molecule has 20 heavy (non-hydrogen) atoms. The third-order valence-electron chi connectivity index (χ3n) is 3.99. The molecule has 2 N–H and O–H groups in total. The molecule has 3 rings (SSSR count). The van der Waals surface area contributed by atoms with E-state index in [1.54, 1.807) is 11.3 Å². The van der Waals surface area contributed by atoms with Crippen molar-refractivity contribution >= 4 is 23.2 Å². The molecule has 6 heteroatoms. The van der Waals surface area contributed by atoms with Gasteiger partial charge in [-0.1, -0.05) is 0 Å². The number of carbonyl (C=O) groups excluding carboxylic acids is 1. The zero-order valence-electron chi connectivity index (χ0n) is 11.2. The third-order valence-corrected chi connectivity index (χ3v) is 5.02. The molecule has 2 heterocycles. The maximum Gasteiger partial charge on any atom is 0.320 e. The number of nitrogens with one attached hydrogen (secondary N) is 1. The fourth-order valence-corrected chi connectivity index (χ4v) is 3.55. The van der Waals surface area contributed by atoms with Gasteiger partial charge < -0.3 is 10.0 Å². The van der Waals surface area contributed by atoms with Crippen LogP contribution in [0.3, 0.4) is 0 Å². The lowest BCUT2D eigenvalue weighted by molar-refractivity contribution is -0.140. The van der Waals surface area contributed by atoms with Crippen molar-refractivity contribution in [1.82, 2.24) is 10.2 Å². The first-order chi connectivity index (χ1) is 9.65. The van der Waals surface area contributed by atoms with Gasteiger partial charge in [-0.3, -0.25) is 14.9 Å². The molecule has 2 aliphatic rings. The molecule has 0 bridgehead atoms. The third kappa shape index (κ3) is 2.86. The van der Waals surface area contributed by atoms with Gasteiger partial charge in [0.25, 0.3) is 0 Å². The molecule has 1 saturated carbocycles. The van der Waals surface area contributed by atoms with Crippen molar-refractivity contribution in [1.29, 1.82) is 0 Å². The molecule has 1 aliphatic heterocycles. The fraction of sp³-hybridized carbons (Fsp3) is 0.571. The molecule has 108 valence electrons. The van der Waals surface area contributed by atoms with E-state index < -0.39 is 12.0 Å². The number of carboxylic acid groups (broad SMARTS) is 1. The summed E-state index contributed by atoms with van der Waals surface area (Å²) in [6.45, 7) is 1.50. The number of fused-ring (bicyclic) bond motifs is 1. The van der Waals surface area contributed by atoms with Gasteiger partial charge in [0.15, 0.2) is 0 Å². The standard InChI is InChI=1S/C14H18N2O3S/c17-12(7-15-13(14(18)19)9-1-2-9)16-5-3-11-10(8-16)4-6-20-11/h4,6,9,13,15H,1-3,5,7-8H2,(H,18,19). The Hall–Kier alpha value is -1.40. The predicted molar refractivity (Wildman–Crippen MR) is 75.6 cm³/mol. The molecule has 1 amide bonds. The normalized spacial score (nSPS) is 19.5. The van der Waals surface area contributed by atoms with Crippen molar-refractivity contribution in [3.8, 4) is 0 Å². The van der Waals surface area contributed by atoms with Crippen LogP contribution in [0.4, 0.5) is 0 Å². The fourth-order valence-electron chi connectivity index (χ4n) is 2.66. The van der Waals surface area contributed by atoms with E-state index in [1.807, 2.05) is 4.90 Å². The van der Waals surface area contributed by atoms with Crippen molar-refractivity contribution in [3.05, 3.63) is 21.9 Å². The van der Waals surface area contributed by atoms with Gasteiger partial charge >= 0.3 is 5.97 Å². The largest absolute Gasteiger partial charge is 0.480 e. The number of aliphatic carboxylic acids is 1. The number of amides is 1. The average Bonchev–Trinajstić information content (AvgIpc) is 3.15. The van der Waals surface area contributed by atoms with Crippen molar-refractivity contribution in [2.75, 3.05) is 13.1 Å². The molecule has 1 aliphatic carbocycles. The van der Waals surface area contributed by atoms with Crippen molar-refractivity contribution in [3.63, 3.8) is 0 Å². The predicted octanol–water partition coefficient (Wildman–Crippen LogP) is 1.09. The molecular formula is C14H18N2O3S. The van der Waals surface area contributed by atoms with Crippen LogP contribution in [-0.4, -0.2) is 41.0 Å². The van der Waals surface area contributed by atoms with Crippen molar-refractivity contribution in [2.24, 2.45) is 5.92 Å². The van der Waals surface area contributed by atoms with Crippen LogP contribution in [0.1, 0.15) is 23.3 Å². The van der Waals surface area contributed by atoms with Gasteiger partial charge in [0, 0.05) is 18.0 Å². The van der Waals surface area contributed by atoms with Crippen LogP contribution in [0.25, 0.3) is 0 Å². The lowest BCUT2D eigenvalue weighted by atomic mass is 10.1. The van der Waals surface area contributed by atoms with E-state index in [0.717, 1.165) is 25.8 Å². The summed E-state index contributed by atoms with van der Waals surface area (Å²) >= 11 is 1.74. The van der Waals surface area contributed by atoms with Gasteiger partial charge in [0.05, 0.1) is 6.54 Å². The second-order valence-corrected chi connectivity index (χ2v) is 6.47. The Morgan fingerprint density at radius 3 is 3.00 bits per heavy atom. The molecule has 1 aromatic heterocycles. The Bertz CT molecular complexity index is 524. The van der Waals surface area contributed by atoms with Crippen LogP contribution in [-0.2, 0) is 22.6 Å². The minimum Gasteiger partial charge on any atom is -0.480 e. The minimum absolute atomic E-state index is 0.00579. The van der Waals surface area contributed by atoms with Gasteiger partial charge in [0.2, 0.25) is 5.91 Å². The first kappa shape index (κ1) is 13.6. The van der Waals surface area contributed by atoms with E-state index in [1.165, 1.54) is 10.4 Å². The molecule has 1 aromatic rings. The van der Waals surface area contributed by atoms with Crippen LogP contribution in [0.15, 0.2) is 11.4 Å². The van der Waals surface area contributed by atoms with Crippen molar-refractivity contribution < 1.29 is 14.7 Å². The molecule has 1 atom stereocenters. The number of carboxylic acids is 1. The number of thiophene rings is 1. The van der Waals surface area contributed by atoms with E-state index in [2.05, 4.69) is 16.8 Å². The maximum atomic E-state index is 12.2.